The van der Waals surface area contributed by atoms with Gasteiger partial charge in [0.1, 0.15) is 12.4 Å². The lowest BCUT2D eigenvalue weighted by molar-refractivity contribution is 0.180. The second-order valence-electron chi connectivity index (χ2n) is 4.64. The van der Waals surface area contributed by atoms with Crippen LogP contribution >= 0.6 is 0 Å². The Bertz CT molecular complexity index is 562. The first kappa shape index (κ1) is 11.3. The van der Waals surface area contributed by atoms with Crippen LogP contribution in [0.2, 0.25) is 0 Å². The second-order valence-corrected chi connectivity index (χ2v) is 4.64. The smallest absolute Gasteiger partial charge is 0.174 e. The van der Waals surface area contributed by atoms with Gasteiger partial charge >= 0.3 is 0 Å². The molecule has 1 aromatic carbocycles. The van der Waals surface area contributed by atoms with Crippen molar-refractivity contribution in [3.63, 3.8) is 0 Å². The minimum absolute atomic E-state index is 0.314. The average molecular weight is 245 g/mol. The van der Waals surface area contributed by atoms with Crippen LogP contribution in [-0.4, -0.2) is 10.3 Å². The summed E-state index contributed by atoms with van der Waals surface area (Å²) in [4.78, 5) is 0. The predicted molar refractivity (Wildman–Crippen MR) is 65.3 cm³/mol. The summed E-state index contributed by atoms with van der Waals surface area (Å²) in [5.74, 6) is 1.52. The standard InChI is InChI=1S/C14H15NO3/c1-9-6-12(18-15-9)8-17-11-3-4-13-10(7-11)2-5-14(13)16/h3-4,6-7,14,16H,2,5,8H2,1H3/t14-/m1/s1. The number of aliphatic hydroxyl groups excluding tert-OH is 1. The Kier molecular flexibility index (Phi) is 2.80. The number of aryl methyl sites for hydroxylation is 2. The van der Waals surface area contributed by atoms with Crippen LogP contribution in [0.3, 0.4) is 0 Å². The highest BCUT2D eigenvalue weighted by atomic mass is 16.5. The van der Waals surface area contributed by atoms with Crippen LogP contribution in [0.15, 0.2) is 28.8 Å². The molecule has 1 aliphatic rings. The minimum Gasteiger partial charge on any atom is -0.486 e. The maximum Gasteiger partial charge on any atom is 0.174 e. The van der Waals surface area contributed by atoms with E-state index < -0.39 is 0 Å². The lowest BCUT2D eigenvalue weighted by atomic mass is 10.1. The Morgan fingerprint density at radius 2 is 2.33 bits per heavy atom. The van der Waals surface area contributed by atoms with Gasteiger partial charge < -0.3 is 14.4 Å². The van der Waals surface area contributed by atoms with Gasteiger partial charge in [-0.3, -0.25) is 0 Å². The van der Waals surface area contributed by atoms with E-state index in [0.717, 1.165) is 29.8 Å². The van der Waals surface area contributed by atoms with Crippen molar-refractivity contribution in [1.82, 2.24) is 5.16 Å². The Hall–Kier alpha value is -1.81. The number of aliphatic hydroxyl groups is 1. The van der Waals surface area contributed by atoms with Crippen molar-refractivity contribution in [2.45, 2.75) is 32.5 Å². The van der Waals surface area contributed by atoms with Gasteiger partial charge in [0.05, 0.1) is 11.8 Å². The molecule has 0 unspecified atom stereocenters. The average Bonchev–Trinajstić information content (AvgIpc) is 2.94. The topological polar surface area (TPSA) is 55.5 Å². The van der Waals surface area contributed by atoms with E-state index in [1.807, 2.05) is 31.2 Å². The lowest BCUT2D eigenvalue weighted by Crippen LogP contribution is -1.95. The van der Waals surface area contributed by atoms with Crippen molar-refractivity contribution in [2.24, 2.45) is 0 Å². The van der Waals surface area contributed by atoms with Gasteiger partial charge in [-0.15, -0.1) is 0 Å². The Morgan fingerprint density at radius 1 is 1.44 bits per heavy atom. The molecule has 4 nitrogen and oxygen atoms in total. The first-order valence-electron chi connectivity index (χ1n) is 6.08. The highest BCUT2D eigenvalue weighted by Gasteiger charge is 2.20. The molecule has 0 aliphatic heterocycles. The molecule has 0 saturated heterocycles. The summed E-state index contributed by atoms with van der Waals surface area (Å²) in [7, 11) is 0. The third-order valence-corrected chi connectivity index (χ3v) is 3.22. The van der Waals surface area contributed by atoms with Crippen molar-refractivity contribution >= 4 is 0 Å². The Morgan fingerprint density at radius 3 is 3.11 bits per heavy atom. The van der Waals surface area contributed by atoms with Crippen LogP contribution in [0.4, 0.5) is 0 Å². The molecule has 4 heteroatoms. The number of fused-ring (bicyclic) bond motifs is 1. The fourth-order valence-electron chi connectivity index (χ4n) is 2.30. The summed E-state index contributed by atoms with van der Waals surface area (Å²) in [6.07, 6.45) is 1.40. The monoisotopic (exact) mass is 245 g/mol. The van der Waals surface area contributed by atoms with Crippen LogP contribution in [0.25, 0.3) is 0 Å². The molecule has 0 saturated carbocycles. The summed E-state index contributed by atoms with van der Waals surface area (Å²) in [5, 5.41) is 13.5. The van der Waals surface area contributed by atoms with E-state index in [0.29, 0.717) is 12.4 Å². The largest absolute Gasteiger partial charge is 0.486 e. The molecule has 0 spiro atoms. The van der Waals surface area contributed by atoms with Gasteiger partial charge in [-0.05, 0) is 43.0 Å². The highest BCUT2D eigenvalue weighted by molar-refractivity contribution is 5.39. The summed E-state index contributed by atoms with van der Waals surface area (Å²) < 4.78 is 10.7. The molecule has 3 rings (SSSR count). The molecule has 0 fully saturated rings. The first-order chi connectivity index (χ1) is 8.72. The molecule has 1 aliphatic carbocycles. The van der Waals surface area contributed by atoms with Crippen LogP contribution < -0.4 is 4.74 Å². The summed E-state index contributed by atoms with van der Waals surface area (Å²) in [6.45, 7) is 2.26. The molecule has 1 aromatic heterocycles. The third kappa shape index (κ3) is 2.11. The van der Waals surface area contributed by atoms with E-state index in [2.05, 4.69) is 5.16 Å². The molecule has 0 bridgehead atoms. The molecule has 2 aromatic rings. The van der Waals surface area contributed by atoms with Gasteiger partial charge in [-0.1, -0.05) is 11.2 Å². The number of nitrogens with zero attached hydrogens (tertiary/aromatic N) is 1. The summed E-state index contributed by atoms with van der Waals surface area (Å²) in [5.41, 5.74) is 3.05. The summed E-state index contributed by atoms with van der Waals surface area (Å²) in [6, 6.07) is 7.68. The van der Waals surface area contributed by atoms with E-state index >= 15 is 0 Å². The normalized spacial score (nSPS) is 17.8. The lowest BCUT2D eigenvalue weighted by Gasteiger charge is -2.07. The zero-order valence-corrected chi connectivity index (χ0v) is 10.2. The maximum atomic E-state index is 9.72. The minimum atomic E-state index is -0.314. The highest BCUT2D eigenvalue weighted by Crippen LogP contribution is 2.33. The quantitative estimate of drug-likeness (QED) is 0.902. The number of rotatable bonds is 3. The second kappa shape index (κ2) is 4.46. The van der Waals surface area contributed by atoms with E-state index in [4.69, 9.17) is 9.26 Å². The van der Waals surface area contributed by atoms with E-state index in [9.17, 15) is 5.11 Å². The van der Waals surface area contributed by atoms with Gasteiger partial charge in [0, 0.05) is 6.07 Å². The number of hydrogen-bond donors (Lipinski definition) is 1. The Labute approximate surface area is 105 Å². The number of aromatic nitrogens is 1. The molecule has 0 amide bonds. The molecule has 1 heterocycles. The van der Waals surface area contributed by atoms with Crippen molar-refractivity contribution in [3.05, 3.63) is 46.8 Å². The van der Waals surface area contributed by atoms with Gasteiger partial charge in [0.25, 0.3) is 0 Å². The zero-order chi connectivity index (χ0) is 12.5. The summed E-state index contributed by atoms with van der Waals surface area (Å²) >= 11 is 0. The first-order valence-corrected chi connectivity index (χ1v) is 6.08. The van der Waals surface area contributed by atoms with E-state index in [1.54, 1.807) is 0 Å². The van der Waals surface area contributed by atoms with Crippen molar-refractivity contribution in [3.8, 4) is 5.75 Å². The SMILES string of the molecule is Cc1cc(COc2ccc3c(c2)CC[C@H]3O)on1. The van der Waals surface area contributed by atoms with Crippen LogP contribution in [0.1, 0.15) is 35.1 Å². The third-order valence-electron chi connectivity index (χ3n) is 3.22. The maximum absolute atomic E-state index is 9.72. The number of ether oxygens (including phenoxy) is 1. The fourth-order valence-corrected chi connectivity index (χ4v) is 2.30. The van der Waals surface area contributed by atoms with Crippen molar-refractivity contribution in [1.29, 1.82) is 0 Å². The molecule has 0 radical (unpaired) electrons. The van der Waals surface area contributed by atoms with E-state index in [1.165, 1.54) is 5.56 Å². The molecule has 94 valence electrons. The predicted octanol–water partition coefficient (Wildman–Crippen LogP) is 2.54. The van der Waals surface area contributed by atoms with Crippen LogP contribution in [0, 0.1) is 6.92 Å². The number of benzene rings is 1. The molecule has 18 heavy (non-hydrogen) atoms. The van der Waals surface area contributed by atoms with Gasteiger partial charge in [-0.2, -0.15) is 0 Å². The van der Waals surface area contributed by atoms with Crippen LogP contribution in [0.5, 0.6) is 5.75 Å². The van der Waals surface area contributed by atoms with Crippen molar-refractivity contribution in [2.75, 3.05) is 0 Å². The van der Waals surface area contributed by atoms with Crippen molar-refractivity contribution < 1.29 is 14.4 Å². The van der Waals surface area contributed by atoms with Gasteiger partial charge in [-0.25, -0.2) is 0 Å². The van der Waals surface area contributed by atoms with Gasteiger partial charge in [0.2, 0.25) is 0 Å². The van der Waals surface area contributed by atoms with E-state index in [-0.39, 0.29) is 6.10 Å². The fraction of sp³-hybridized carbons (Fsp3) is 0.357. The zero-order valence-electron chi connectivity index (χ0n) is 10.2. The van der Waals surface area contributed by atoms with Crippen LogP contribution in [-0.2, 0) is 13.0 Å². The molecule has 1 atom stereocenters. The van der Waals surface area contributed by atoms with Gasteiger partial charge in [0.15, 0.2) is 5.76 Å². The molecule has 1 N–H and O–H groups in total. The molecular weight excluding hydrogens is 230 g/mol. The number of hydrogen-bond acceptors (Lipinski definition) is 4. The molecular formula is C14H15NO3. The Balaban J connectivity index is 1.70.